The number of hydrogen-bond donors (Lipinski definition) is 0. The van der Waals surface area contributed by atoms with Crippen LogP contribution in [-0.4, -0.2) is 17.6 Å². The molecule has 0 aliphatic carbocycles. The zero-order valence-corrected chi connectivity index (χ0v) is 7.13. The molecule has 0 saturated carbocycles. The number of rotatable bonds is 2. The van der Waals surface area contributed by atoms with E-state index in [9.17, 15) is 18.0 Å². The van der Waals surface area contributed by atoms with Crippen LogP contribution in [0.2, 0.25) is 0 Å². The van der Waals surface area contributed by atoms with Gasteiger partial charge in [-0.15, -0.1) is 13.2 Å². The van der Waals surface area contributed by atoms with Gasteiger partial charge in [-0.1, -0.05) is 0 Å². The molecular formula is C8H6F3NO2. The Hall–Kier alpha value is -1.59. The predicted molar refractivity (Wildman–Crippen MR) is 41.0 cm³/mol. The van der Waals surface area contributed by atoms with E-state index in [-0.39, 0.29) is 12.0 Å². The lowest BCUT2D eigenvalue weighted by Gasteiger charge is -2.10. The Kier molecular flexibility index (Phi) is 2.73. The molecule has 0 fully saturated rings. The van der Waals surface area contributed by atoms with Crippen LogP contribution in [0, 0.1) is 6.92 Å². The first kappa shape index (κ1) is 10.5. The second kappa shape index (κ2) is 3.65. The van der Waals surface area contributed by atoms with Gasteiger partial charge in [0.1, 0.15) is 5.69 Å². The van der Waals surface area contributed by atoms with Gasteiger partial charge in [-0.05, 0) is 18.6 Å². The highest BCUT2D eigenvalue weighted by atomic mass is 19.4. The van der Waals surface area contributed by atoms with E-state index < -0.39 is 12.1 Å². The summed E-state index contributed by atoms with van der Waals surface area (Å²) in [6.45, 7) is 1.55. The number of alkyl halides is 3. The highest BCUT2D eigenvalue weighted by Gasteiger charge is 2.32. The quantitative estimate of drug-likeness (QED) is 0.694. The number of aromatic nitrogens is 1. The molecule has 0 spiro atoms. The fourth-order valence-electron chi connectivity index (χ4n) is 0.848. The Bertz CT molecular complexity index is 349. The molecule has 6 heteroatoms. The molecule has 0 saturated heterocycles. The number of ether oxygens (including phenoxy) is 1. The number of aryl methyl sites for hydroxylation is 1. The first-order valence-electron chi connectivity index (χ1n) is 3.60. The lowest BCUT2D eigenvalue weighted by atomic mass is 10.2. The number of halogens is 3. The first-order valence-corrected chi connectivity index (χ1v) is 3.60. The minimum atomic E-state index is -4.81. The third-order valence-corrected chi connectivity index (χ3v) is 1.36. The van der Waals surface area contributed by atoms with E-state index in [1.54, 1.807) is 6.92 Å². The molecular weight excluding hydrogens is 199 g/mol. The molecule has 0 aromatic carbocycles. The lowest BCUT2D eigenvalue weighted by Crippen LogP contribution is -2.18. The van der Waals surface area contributed by atoms with Crippen LogP contribution in [0.15, 0.2) is 12.3 Å². The highest BCUT2D eigenvalue weighted by molar-refractivity contribution is 5.76. The summed E-state index contributed by atoms with van der Waals surface area (Å²) in [5, 5.41) is 0. The minimum Gasteiger partial charge on any atom is -0.403 e. The van der Waals surface area contributed by atoms with Gasteiger partial charge in [-0.2, -0.15) is 0 Å². The number of carbonyl (C=O) groups excluding carboxylic acids is 1. The van der Waals surface area contributed by atoms with E-state index in [0.29, 0.717) is 5.56 Å². The number of pyridine rings is 1. The molecule has 0 aliphatic rings. The van der Waals surface area contributed by atoms with Crippen molar-refractivity contribution in [2.24, 2.45) is 0 Å². The van der Waals surface area contributed by atoms with E-state index in [4.69, 9.17) is 0 Å². The van der Waals surface area contributed by atoms with Crippen molar-refractivity contribution in [2.75, 3.05) is 0 Å². The van der Waals surface area contributed by atoms with Gasteiger partial charge >= 0.3 is 6.36 Å². The zero-order valence-electron chi connectivity index (χ0n) is 7.13. The van der Waals surface area contributed by atoms with E-state index in [0.717, 1.165) is 6.07 Å². The molecule has 14 heavy (non-hydrogen) atoms. The fourth-order valence-corrected chi connectivity index (χ4v) is 0.848. The van der Waals surface area contributed by atoms with Crippen LogP contribution in [0.3, 0.4) is 0 Å². The molecule has 0 atom stereocenters. The van der Waals surface area contributed by atoms with Gasteiger partial charge in [-0.25, -0.2) is 4.98 Å². The van der Waals surface area contributed by atoms with Crippen LogP contribution in [0.25, 0.3) is 0 Å². The van der Waals surface area contributed by atoms with Crippen molar-refractivity contribution in [3.05, 3.63) is 23.5 Å². The van der Waals surface area contributed by atoms with Crippen molar-refractivity contribution < 1.29 is 22.7 Å². The minimum absolute atomic E-state index is 0.209. The molecule has 0 N–H and O–H groups in total. The maximum atomic E-state index is 11.8. The van der Waals surface area contributed by atoms with Crippen LogP contribution in [0.4, 0.5) is 13.2 Å². The number of carbonyl (C=O) groups is 1. The number of aldehydes is 1. The zero-order chi connectivity index (χ0) is 10.8. The van der Waals surface area contributed by atoms with Gasteiger partial charge < -0.3 is 4.74 Å². The van der Waals surface area contributed by atoms with Crippen LogP contribution in [-0.2, 0) is 0 Å². The average molecular weight is 205 g/mol. The molecule has 1 aromatic heterocycles. The van der Waals surface area contributed by atoms with Crippen LogP contribution in [0.1, 0.15) is 16.1 Å². The van der Waals surface area contributed by atoms with Crippen LogP contribution < -0.4 is 4.74 Å². The summed E-state index contributed by atoms with van der Waals surface area (Å²) in [5.41, 5.74) is 0.114. The van der Waals surface area contributed by atoms with Gasteiger partial charge in [0.15, 0.2) is 12.0 Å². The first-order chi connectivity index (χ1) is 6.42. The largest absolute Gasteiger partial charge is 0.573 e. The van der Waals surface area contributed by atoms with E-state index in [2.05, 4.69) is 9.72 Å². The maximum Gasteiger partial charge on any atom is 0.573 e. The van der Waals surface area contributed by atoms with Gasteiger partial charge in [0.05, 0.1) is 0 Å². The van der Waals surface area contributed by atoms with Crippen molar-refractivity contribution >= 4 is 6.29 Å². The van der Waals surface area contributed by atoms with Crippen molar-refractivity contribution in [3.8, 4) is 5.75 Å². The number of hydrogen-bond acceptors (Lipinski definition) is 3. The smallest absolute Gasteiger partial charge is 0.403 e. The Morgan fingerprint density at radius 3 is 2.64 bits per heavy atom. The molecule has 0 radical (unpaired) electrons. The molecule has 0 unspecified atom stereocenters. The summed E-state index contributed by atoms with van der Waals surface area (Å²) in [4.78, 5) is 13.8. The van der Waals surface area contributed by atoms with Gasteiger partial charge in [0.2, 0.25) is 0 Å². The predicted octanol–water partition coefficient (Wildman–Crippen LogP) is 2.10. The lowest BCUT2D eigenvalue weighted by molar-refractivity contribution is -0.274. The third-order valence-electron chi connectivity index (χ3n) is 1.36. The summed E-state index contributed by atoms with van der Waals surface area (Å²) >= 11 is 0. The van der Waals surface area contributed by atoms with Crippen LogP contribution in [0.5, 0.6) is 5.75 Å². The molecule has 1 aromatic rings. The topological polar surface area (TPSA) is 39.2 Å². The number of nitrogens with zero attached hydrogens (tertiary/aromatic N) is 1. The average Bonchev–Trinajstić information content (AvgIpc) is 2.01. The SMILES string of the molecule is Cc1cnc(C=O)c(OC(F)(F)F)c1. The summed E-state index contributed by atoms with van der Waals surface area (Å²) in [7, 11) is 0. The van der Waals surface area contributed by atoms with Crippen molar-refractivity contribution in [1.82, 2.24) is 4.98 Å². The van der Waals surface area contributed by atoms with E-state index in [1.165, 1.54) is 6.20 Å². The molecule has 0 aliphatic heterocycles. The van der Waals surface area contributed by atoms with Crippen molar-refractivity contribution in [1.29, 1.82) is 0 Å². The molecule has 76 valence electrons. The summed E-state index contributed by atoms with van der Waals surface area (Å²) in [6.07, 6.45) is -3.32. The molecule has 0 amide bonds. The molecule has 3 nitrogen and oxygen atoms in total. The standard InChI is InChI=1S/C8H6F3NO2/c1-5-2-7(14-8(9,10)11)6(4-13)12-3-5/h2-4H,1H3. The van der Waals surface area contributed by atoms with Gasteiger partial charge in [0, 0.05) is 6.20 Å². The molecule has 0 bridgehead atoms. The Morgan fingerprint density at radius 2 is 2.14 bits per heavy atom. The molecule has 1 heterocycles. The third kappa shape index (κ3) is 2.72. The Balaban J connectivity index is 3.05. The Morgan fingerprint density at radius 1 is 1.50 bits per heavy atom. The van der Waals surface area contributed by atoms with Gasteiger partial charge in [0.25, 0.3) is 0 Å². The second-order valence-corrected chi connectivity index (χ2v) is 2.56. The second-order valence-electron chi connectivity index (χ2n) is 2.56. The van der Waals surface area contributed by atoms with Gasteiger partial charge in [-0.3, -0.25) is 4.79 Å². The van der Waals surface area contributed by atoms with E-state index in [1.807, 2.05) is 0 Å². The monoisotopic (exact) mass is 205 g/mol. The summed E-state index contributed by atoms with van der Waals surface area (Å²) in [6, 6.07) is 1.10. The molecule has 1 rings (SSSR count). The summed E-state index contributed by atoms with van der Waals surface area (Å²) < 4.78 is 39.1. The normalized spacial score (nSPS) is 11.1. The highest BCUT2D eigenvalue weighted by Crippen LogP contribution is 2.24. The van der Waals surface area contributed by atoms with Crippen molar-refractivity contribution in [2.45, 2.75) is 13.3 Å². The van der Waals surface area contributed by atoms with Crippen molar-refractivity contribution in [3.63, 3.8) is 0 Å². The fraction of sp³-hybridized carbons (Fsp3) is 0.250. The van der Waals surface area contributed by atoms with E-state index >= 15 is 0 Å². The summed E-state index contributed by atoms with van der Waals surface area (Å²) in [5.74, 6) is -0.576. The van der Waals surface area contributed by atoms with Crippen LogP contribution >= 0.6 is 0 Å². The maximum absolute atomic E-state index is 11.8. The Labute approximate surface area is 77.5 Å².